The van der Waals surface area contributed by atoms with Gasteiger partial charge in [0.2, 0.25) is 15.9 Å². The van der Waals surface area contributed by atoms with Crippen molar-refractivity contribution in [2.45, 2.75) is 77.3 Å². The Bertz CT molecular complexity index is 762. The Labute approximate surface area is 163 Å². The minimum absolute atomic E-state index is 0.132. The highest BCUT2D eigenvalue weighted by atomic mass is 32.2. The molecular weight excluding hydrogens is 362 g/mol. The summed E-state index contributed by atoms with van der Waals surface area (Å²) in [6, 6.07) is 5.33. The maximum absolute atomic E-state index is 13.1. The van der Waals surface area contributed by atoms with Crippen LogP contribution in [-0.4, -0.2) is 33.0 Å². The zero-order valence-corrected chi connectivity index (χ0v) is 17.9. The maximum atomic E-state index is 13.1. The molecule has 2 rings (SSSR count). The number of hydrogen-bond acceptors (Lipinski definition) is 4. The van der Waals surface area contributed by atoms with E-state index in [1.54, 1.807) is 26.0 Å². The van der Waals surface area contributed by atoms with Gasteiger partial charge in [0.25, 0.3) is 0 Å². The van der Waals surface area contributed by atoms with Crippen molar-refractivity contribution in [1.29, 1.82) is 0 Å². The molecule has 1 aromatic rings. The third-order valence-electron chi connectivity index (χ3n) is 5.12. The van der Waals surface area contributed by atoms with Crippen LogP contribution in [0.15, 0.2) is 23.1 Å². The second kappa shape index (κ2) is 9.06. The number of piperidine rings is 1. The lowest BCUT2D eigenvalue weighted by Gasteiger charge is -2.36. The lowest BCUT2D eigenvalue weighted by atomic mass is 10.0. The number of carbonyl (C=O) groups excluding carboxylic acids is 1. The monoisotopic (exact) mass is 395 g/mol. The van der Waals surface area contributed by atoms with E-state index in [2.05, 4.69) is 21.9 Å². The SMILES string of the molecule is CC[C@H](C)NS(=O)(=O)c1cc(NC(=O)C(C)C)ccc1N1CCCC[C@@H]1C. The standard InChI is InChI=1S/C20H33N3O3S/c1-6-15(4)22-27(25,26)19-13-17(21-20(24)14(2)3)10-11-18(19)23-12-8-7-9-16(23)5/h10-11,13-16,22H,6-9,12H2,1-5H3,(H,21,24)/t15-,16-/m0/s1. The van der Waals surface area contributed by atoms with Gasteiger partial charge in [0.1, 0.15) is 4.90 Å². The molecule has 0 aliphatic carbocycles. The Balaban J connectivity index is 2.47. The first-order chi connectivity index (χ1) is 12.7. The fourth-order valence-corrected chi connectivity index (χ4v) is 4.76. The highest BCUT2D eigenvalue weighted by Gasteiger charge is 2.27. The smallest absolute Gasteiger partial charge is 0.242 e. The van der Waals surface area contributed by atoms with Crippen LogP contribution in [-0.2, 0) is 14.8 Å². The summed E-state index contributed by atoms with van der Waals surface area (Å²) in [5, 5.41) is 2.81. The van der Waals surface area contributed by atoms with E-state index >= 15 is 0 Å². The molecular formula is C20H33N3O3S. The van der Waals surface area contributed by atoms with E-state index in [9.17, 15) is 13.2 Å². The van der Waals surface area contributed by atoms with Gasteiger partial charge in [-0.1, -0.05) is 20.8 Å². The first-order valence-electron chi connectivity index (χ1n) is 9.89. The molecule has 1 saturated heterocycles. The predicted octanol–water partition coefficient (Wildman–Crippen LogP) is 3.74. The molecule has 7 heteroatoms. The van der Waals surface area contributed by atoms with Crippen molar-refractivity contribution in [3.8, 4) is 0 Å². The lowest BCUT2D eigenvalue weighted by Crippen LogP contribution is -2.39. The van der Waals surface area contributed by atoms with E-state index in [1.165, 1.54) is 0 Å². The number of sulfonamides is 1. The molecule has 2 atom stereocenters. The van der Waals surface area contributed by atoms with Crippen LogP contribution >= 0.6 is 0 Å². The second-order valence-corrected chi connectivity index (χ2v) is 9.48. The fourth-order valence-electron chi connectivity index (χ4n) is 3.20. The average Bonchev–Trinajstić information content (AvgIpc) is 2.61. The topological polar surface area (TPSA) is 78.5 Å². The molecule has 0 unspecified atom stereocenters. The minimum Gasteiger partial charge on any atom is -0.368 e. The van der Waals surface area contributed by atoms with E-state index in [0.717, 1.165) is 25.8 Å². The molecule has 1 fully saturated rings. The van der Waals surface area contributed by atoms with E-state index in [-0.39, 0.29) is 28.8 Å². The summed E-state index contributed by atoms with van der Waals surface area (Å²) in [6.07, 6.45) is 3.96. The Kier molecular flexibility index (Phi) is 7.28. The second-order valence-electron chi connectivity index (χ2n) is 7.80. The third kappa shape index (κ3) is 5.45. The van der Waals surface area contributed by atoms with Crippen molar-refractivity contribution in [2.75, 3.05) is 16.8 Å². The number of nitrogens with one attached hydrogen (secondary N) is 2. The molecule has 1 aliphatic rings. The van der Waals surface area contributed by atoms with Crippen LogP contribution in [0.1, 0.15) is 60.3 Å². The van der Waals surface area contributed by atoms with E-state index in [0.29, 0.717) is 17.8 Å². The maximum Gasteiger partial charge on any atom is 0.242 e. The van der Waals surface area contributed by atoms with Gasteiger partial charge in [0, 0.05) is 30.2 Å². The Morgan fingerprint density at radius 2 is 1.96 bits per heavy atom. The quantitative estimate of drug-likeness (QED) is 0.737. The Morgan fingerprint density at radius 1 is 1.26 bits per heavy atom. The number of anilines is 2. The number of nitrogens with zero attached hydrogens (tertiary/aromatic N) is 1. The summed E-state index contributed by atoms with van der Waals surface area (Å²) in [7, 11) is -3.70. The van der Waals surface area contributed by atoms with E-state index < -0.39 is 10.0 Å². The molecule has 0 spiro atoms. The van der Waals surface area contributed by atoms with Gasteiger partial charge in [-0.15, -0.1) is 0 Å². The van der Waals surface area contributed by atoms with Crippen LogP contribution in [0.5, 0.6) is 0 Å². The molecule has 1 amide bonds. The molecule has 6 nitrogen and oxygen atoms in total. The molecule has 1 aliphatic heterocycles. The first kappa shape index (κ1) is 21.7. The Morgan fingerprint density at radius 3 is 2.56 bits per heavy atom. The predicted molar refractivity (Wildman–Crippen MR) is 111 cm³/mol. The Hall–Kier alpha value is -1.60. The summed E-state index contributed by atoms with van der Waals surface area (Å²) < 4.78 is 28.9. The third-order valence-corrected chi connectivity index (χ3v) is 6.74. The fraction of sp³-hybridized carbons (Fsp3) is 0.650. The average molecular weight is 396 g/mol. The molecule has 1 aromatic carbocycles. The van der Waals surface area contributed by atoms with Gasteiger partial charge >= 0.3 is 0 Å². The number of hydrogen-bond donors (Lipinski definition) is 2. The molecule has 0 radical (unpaired) electrons. The zero-order chi connectivity index (χ0) is 20.2. The van der Waals surface area contributed by atoms with E-state index in [4.69, 9.17) is 0 Å². The highest BCUT2D eigenvalue weighted by Crippen LogP contribution is 2.33. The van der Waals surface area contributed by atoms with Crippen molar-refractivity contribution >= 4 is 27.3 Å². The first-order valence-corrected chi connectivity index (χ1v) is 11.4. The molecule has 152 valence electrons. The van der Waals surface area contributed by atoms with Crippen LogP contribution in [0.2, 0.25) is 0 Å². The molecule has 1 heterocycles. The van der Waals surface area contributed by atoms with Gasteiger partial charge in [-0.25, -0.2) is 13.1 Å². The van der Waals surface area contributed by atoms with Gasteiger partial charge in [0.05, 0.1) is 5.69 Å². The number of amides is 1. The van der Waals surface area contributed by atoms with Crippen LogP contribution in [0, 0.1) is 5.92 Å². The van der Waals surface area contributed by atoms with E-state index in [1.807, 2.05) is 19.9 Å². The summed E-state index contributed by atoms with van der Waals surface area (Å²) in [4.78, 5) is 14.5. The summed E-state index contributed by atoms with van der Waals surface area (Å²) in [5.74, 6) is -0.308. The van der Waals surface area contributed by atoms with Gasteiger partial charge < -0.3 is 10.2 Å². The summed E-state index contributed by atoms with van der Waals surface area (Å²) in [6.45, 7) is 10.4. The van der Waals surface area contributed by atoms with Crippen molar-refractivity contribution in [2.24, 2.45) is 5.92 Å². The van der Waals surface area contributed by atoms with Gasteiger partial charge in [-0.3, -0.25) is 4.79 Å². The summed E-state index contributed by atoms with van der Waals surface area (Å²) >= 11 is 0. The largest absolute Gasteiger partial charge is 0.368 e. The molecule has 0 bridgehead atoms. The summed E-state index contributed by atoms with van der Waals surface area (Å²) in [5.41, 5.74) is 1.21. The van der Waals surface area contributed by atoms with Crippen LogP contribution in [0.4, 0.5) is 11.4 Å². The van der Waals surface area contributed by atoms with Gasteiger partial charge in [-0.2, -0.15) is 0 Å². The van der Waals surface area contributed by atoms with Crippen molar-refractivity contribution in [1.82, 2.24) is 4.72 Å². The zero-order valence-electron chi connectivity index (χ0n) is 17.1. The number of rotatable bonds is 7. The molecule has 0 saturated carbocycles. The van der Waals surface area contributed by atoms with Gasteiger partial charge in [-0.05, 0) is 57.7 Å². The van der Waals surface area contributed by atoms with Crippen LogP contribution < -0.4 is 14.9 Å². The van der Waals surface area contributed by atoms with Crippen molar-refractivity contribution in [3.63, 3.8) is 0 Å². The van der Waals surface area contributed by atoms with Crippen LogP contribution in [0.25, 0.3) is 0 Å². The van der Waals surface area contributed by atoms with Crippen LogP contribution in [0.3, 0.4) is 0 Å². The molecule has 0 aromatic heterocycles. The number of benzene rings is 1. The van der Waals surface area contributed by atoms with Crippen molar-refractivity contribution in [3.05, 3.63) is 18.2 Å². The van der Waals surface area contributed by atoms with Crippen molar-refractivity contribution < 1.29 is 13.2 Å². The normalized spacial score (nSPS) is 19.2. The highest BCUT2D eigenvalue weighted by molar-refractivity contribution is 7.89. The molecule has 2 N–H and O–H groups in total. The lowest BCUT2D eigenvalue weighted by molar-refractivity contribution is -0.118. The number of carbonyl (C=O) groups is 1. The van der Waals surface area contributed by atoms with Gasteiger partial charge in [0.15, 0.2) is 0 Å². The minimum atomic E-state index is -3.70. The molecule has 27 heavy (non-hydrogen) atoms.